The molecule has 0 radical (unpaired) electrons. The van der Waals surface area contributed by atoms with Gasteiger partial charge in [-0.3, -0.25) is 4.98 Å². The van der Waals surface area contributed by atoms with Gasteiger partial charge in [0.2, 0.25) is 0 Å². The molecule has 1 N–H and O–H groups in total. The Labute approximate surface area is 156 Å². The molecule has 5 nitrogen and oxygen atoms in total. The lowest BCUT2D eigenvalue weighted by Crippen LogP contribution is -2.02. The first-order chi connectivity index (χ1) is 13.4. The number of aromatic amines is 1. The molecule has 0 spiro atoms. The quantitative estimate of drug-likeness (QED) is 0.517. The van der Waals surface area contributed by atoms with Crippen molar-refractivity contribution in [2.75, 3.05) is 0 Å². The van der Waals surface area contributed by atoms with Gasteiger partial charge in [-0.05, 0) is 17.7 Å². The highest BCUT2D eigenvalue weighted by Crippen LogP contribution is 2.29. The number of imidazole rings is 2. The van der Waals surface area contributed by atoms with Gasteiger partial charge in [0.05, 0.1) is 24.1 Å². The van der Waals surface area contributed by atoms with Crippen molar-refractivity contribution >= 4 is 10.9 Å². The molecule has 0 aliphatic heterocycles. The standard InChI is InChI=1S/C22H17N5/c1-2-6-17(7-3-1)20-21(22-23-10-11-24-22)27(15-26-20)14-16-12-18-8-4-5-9-19(18)25-13-16/h1-13,15H,14H2,(H,23,24). The van der Waals surface area contributed by atoms with Gasteiger partial charge in [0, 0.05) is 29.5 Å². The third-order valence-corrected chi connectivity index (χ3v) is 4.61. The van der Waals surface area contributed by atoms with Gasteiger partial charge in [0.1, 0.15) is 5.69 Å². The lowest BCUT2D eigenvalue weighted by Gasteiger charge is -2.09. The Morgan fingerprint density at radius 2 is 1.74 bits per heavy atom. The second-order valence-electron chi connectivity index (χ2n) is 6.41. The summed E-state index contributed by atoms with van der Waals surface area (Å²) in [5.41, 5.74) is 5.08. The van der Waals surface area contributed by atoms with Crippen molar-refractivity contribution in [2.24, 2.45) is 0 Å². The molecule has 2 aromatic carbocycles. The molecule has 0 fully saturated rings. The number of aromatic nitrogens is 5. The fourth-order valence-electron chi connectivity index (χ4n) is 3.35. The first-order valence-corrected chi connectivity index (χ1v) is 8.82. The molecule has 27 heavy (non-hydrogen) atoms. The van der Waals surface area contributed by atoms with Crippen molar-refractivity contribution in [3.63, 3.8) is 0 Å². The topological polar surface area (TPSA) is 59.4 Å². The van der Waals surface area contributed by atoms with Crippen LogP contribution in [0.1, 0.15) is 5.56 Å². The first-order valence-electron chi connectivity index (χ1n) is 8.82. The summed E-state index contributed by atoms with van der Waals surface area (Å²) in [4.78, 5) is 16.9. The summed E-state index contributed by atoms with van der Waals surface area (Å²) in [6.07, 6.45) is 7.39. The van der Waals surface area contributed by atoms with E-state index in [1.807, 2.05) is 55.1 Å². The van der Waals surface area contributed by atoms with Gasteiger partial charge in [0.15, 0.2) is 5.82 Å². The van der Waals surface area contributed by atoms with Crippen LogP contribution in [0.3, 0.4) is 0 Å². The zero-order valence-electron chi connectivity index (χ0n) is 14.6. The molecule has 5 aromatic rings. The summed E-state index contributed by atoms with van der Waals surface area (Å²) in [5, 5.41) is 1.14. The number of benzene rings is 2. The van der Waals surface area contributed by atoms with Gasteiger partial charge in [-0.2, -0.15) is 0 Å². The molecule has 0 saturated carbocycles. The summed E-state index contributed by atoms with van der Waals surface area (Å²) in [7, 11) is 0. The lowest BCUT2D eigenvalue weighted by molar-refractivity contribution is 0.798. The van der Waals surface area contributed by atoms with E-state index in [2.05, 4.69) is 48.8 Å². The van der Waals surface area contributed by atoms with E-state index in [1.54, 1.807) is 6.20 Å². The molecule has 0 unspecified atom stereocenters. The van der Waals surface area contributed by atoms with Crippen LogP contribution < -0.4 is 0 Å². The second kappa shape index (κ2) is 6.53. The zero-order valence-corrected chi connectivity index (χ0v) is 14.6. The smallest absolute Gasteiger partial charge is 0.156 e. The summed E-state index contributed by atoms with van der Waals surface area (Å²) in [6, 6.07) is 20.5. The molecule has 3 aromatic heterocycles. The molecule has 0 aliphatic carbocycles. The van der Waals surface area contributed by atoms with Gasteiger partial charge in [-0.1, -0.05) is 48.5 Å². The maximum absolute atomic E-state index is 4.68. The SMILES string of the molecule is c1ccc(-c2ncn(Cc3cnc4ccccc4c3)c2-c2ncc[nH]2)cc1. The Kier molecular flexibility index (Phi) is 3.76. The number of pyridine rings is 1. The number of H-pyrrole nitrogens is 1. The molecule has 130 valence electrons. The number of nitrogens with zero attached hydrogens (tertiary/aromatic N) is 4. The summed E-state index contributed by atoms with van der Waals surface area (Å²) in [6.45, 7) is 0.674. The second-order valence-corrected chi connectivity index (χ2v) is 6.41. The fraction of sp³-hybridized carbons (Fsp3) is 0.0455. The van der Waals surface area contributed by atoms with Gasteiger partial charge in [-0.25, -0.2) is 9.97 Å². The van der Waals surface area contributed by atoms with Crippen LogP contribution in [0.5, 0.6) is 0 Å². The molecule has 0 saturated heterocycles. The van der Waals surface area contributed by atoms with Crippen LogP contribution in [0.15, 0.2) is 85.6 Å². The molecule has 5 rings (SSSR count). The highest BCUT2D eigenvalue weighted by molar-refractivity contribution is 5.79. The first kappa shape index (κ1) is 15.5. The summed E-state index contributed by atoms with van der Waals surface area (Å²) in [5.74, 6) is 0.806. The molecule has 5 heteroatoms. The van der Waals surface area contributed by atoms with Gasteiger partial charge in [-0.15, -0.1) is 0 Å². The molecular weight excluding hydrogens is 334 g/mol. The minimum atomic E-state index is 0.674. The zero-order chi connectivity index (χ0) is 18.1. The Hall–Kier alpha value is -3.73. The van der Waals surface area contributed by atoms with Crippen molar-refractivity contribution in [3.8, 4) is 22.8 Å². The fourth-order valence-corrected chi connectivity index (χ4v) is 3.35. The number of nitrogens with one attached hydrogen (secondary N) is 1. The highest BCUT2D eigenvalue weighted by Gasteiger charge is 2.17. The van der Waals surface area contributed by atoms with Crippen LogP contribution in [0, 0.1) is 0 Å². The maximum atomic E-state index is 4.68. The Balaban J connectivity index is 1.60. The van der Waals surface area contributed by atoms with Crippen molar-refractivity contribution in [3.05, 3.63) is 91.1 Å². The van der Waals surface area contributed by atoms with Crippen molar-refractivity contribution in [2.45, 2.75) is 6.54 Å². The Morgan fingerprint density at radius 1 is 0.889 bits per heavy atom. The van der Waals surface area contributed by atoms with Crippen LogP contribution >= 0.6 is 0 Å². The van der Waals surface area contributed by atoms with Crippen molar-refractivity contribution < 1.29 is 0 Å². The van der Waals surface area contributed by atoms with Gasteiger partial charge >= 0.3 is 0 Å². The molecule has 0 aliphatic rings. The van der Waals surface area contributed by atoms with Crippen molar-refractivity contribution in [1.82, 2.24) is 24.5 Å². The average Bonchev–Trinajstić information content (AvgIpc) is 3.38. The van der Waals surface area contributed by atoms with E-state index in [4.69, 9.17) is 0 Å². The average molecular weight is 351 g/mol. The van der Waals surface area contributed by atoms with Crippen LogP contribution in [-0.4, -0.2) is 24.5 Å². The van der Waals surface area contributed by atoms with Crippen LogP contribution in [0.4, 0.5) is 0 Å². The highest BCUT2D eigenvalue weighted by atomic mass is 15.1. The van der Waals surface area contributed by atoms with Crippen LogP contribution in [0.25, 0.3) is 33.7 Å². The largest absolute Gasteiger partial charge is 0.343 e. The maximum Gasteiger partial charge on any atom is 0.156 e. The third kappa shape index (κ3) is 2.89. The predicted octanol–water partition coefficient (Wildman–Crippen LogP) is 4.54. The minimum absolute atomic E-state index is 0.674. The molecule has 0 amide bonds. The number of para-hydroxylation sites is 1. The van der Waals surface area contributed by atoms with Gasteiger partial charge < -0.3 is 9.55 Å². The number of fused-ring (bicyclic) bond motifs is 1. The van der Waals surface area contributed by atoms with Crippen LogP contribution in [-0.2, 0) is 6.54 Å². The monoisotopic (exact) mass is 351 g/mol. The van der Waals surface area contributed by atoms with E-state index in [9.17, 15) is 0 Å². The Bertz CT molecular complexity index is 1190. The molecule has 0 atom stereocenters. The van der Waals surface area contributed by atoms with E-state index < -0.39 is 0 Å². The molecule has 0 bridgehead atoms. The van der Waals surface area contributed by atoms with E-state index in [-0.39, 0.29) is 0 Å². The lowest BCUT2D eigenvalue weighted by atomic mass is 10.1. The molecular formula is C22H17N5. The normalized spacial score (nSPS) is 11.1. The Morgan fingerprint density at radius 3 is 2.59 bits per heavy atom. The minimum Gasteiger partial charge on any atom is -0.343 e. The number of rotatable bonds is 4. The predicted molar refractivity (Wildman–Crippen MR) is 106 cm³/mol. The van der Waals surface area contributed by atoms with E-state index in [0.717, 1.165) is 39.2 Å². The van der Waals surface area contributed by atoms with Crippen molar-refractivity contribution in [1.29, 1.82) is 0 Å². The number of hydrogen-bond donors (Lipinski definition) is 1. The van der Waals surface area contributed by atoms with E-state index in [0.29, 0.717) is 6.54 Å². The van der Waals surface area contributed by atoms with E-state index in [1.165, 1.54) is 0 Å². The molecule has 3 heterocycles. The summed E-state index contributed by atoms with van der Waals surface area (Å²) >= 11 is 0. The number of hydrogen-bond acceptors (Lipinski definition) is 3. The van der Waals surface area contributed by atoms with Crippen LogP contribution in [0.2, 0.25) is 0 Å². The van der Waals surface area contributed by atoms with E-state index >= 15 is 0 Å². The van der Waals surface area contributed by atoms with Gasteiger partial charge in [0.25, 0.3) is 0 Å². The third-order valence-electron chi connectivity index (χ3n) is 4.61. The summed E-state index contributed by atoms with van der Waals surface area (Å²) < 4.78 is 2.12.